The van der Waals surface area contributed by atoms with Gasteiger partial charge in [-0.3, -0.25) is 14.4 Å². The highest BCUT2D eigenvalue weighted by atomic mass is 16.5. The minimum absolute atomic E-state index is 0.0163. The van der Waals surface area contributed by atoms with Crippen molar-refractivity contribution in [3.63, 3.8) is 0 Å². The number of hydrogen-bond acceptors (Lipinski definition) is 8. The third kappa shape index (κ3) is 32.3. The average molecular weight is 832 g/mol. The summed E-state index contributed by atoms with van der Waals surface area (Å²) < 4.78 is 11.5. The van der Waals surface area contributed by atoms with Crippen LogP contribution in [-0.2, 0) is 23.9 Å². The van der Waals surface area contributed by atoms with Gasteiger partial charge in [0.15, 0.2) is 5.78 Å². The van der Waals surface area contributed by atoms with Gasteiger partial charge in [-0.05, 0) is 83.8 Å². The number of hydrogen-bond donors (Lipinski definition) is 1. The van der Waals surface area contributed by atoms with Crippen molar-refractivity contribution in [2.24, 2.45) is 0 Å². The van der Waals surface area contributed by atoms with E-state index in [0.29, 0.717) is 25.9 Å². The van der Waals surface area contributed by atoms with Gasteiger partial charge in [0.25, 0.3) is 0 Å². The molecule has 1 aliphatic carbocycles. The lowest BCUT2D eigenvalue weighted by atomic mass is 9.98. The van der Waals surface area contributed by atoms with E-state index in [0.717, 1.165) is 108 Å². The van der Waals surface area contributed by atoms with Crippen LogP contribution in [-0.4, -0.2) is 80.5 Å². The second-order valence-corrected chi connectivity index (χ2v) is 18.0. The van der Waals surface area contributed by atoms with Crippen molar-refractivity contribution in [1.82, 2.24) is 15.1 Å². The van der Waals surface area contributed by atoms with Crippen LogP contribution in [0, 0.1) is 0 Å². The molecule has 0 aromatic rings. The number of carbonyl (C=O) groups is 3. The average Bonchev–Trinajstić information content (AvgIpc) is 3.21. The van der Waals surface area contributed by atoms with E-state index >= 15 is 0 Å². The van der Waals surface area contributed by atoms with Gasteiger partial charge in [0.2, 0.25) is 0 Å². The van der Waals surface area contributed by atoms with Crippen LogP contribution in [0.15, 0.2) is 11.4 Å². The Bertz CT molecular complexity index is 1030. The zero-order valence-corrected chi connectivity index (χ0v) is 39.8. The van der Waals surface area contributed by atoms with Crippen molar-refractivity contribution in [2.45, 2.75) is 252 Å². The lowest BCUT2D eigenvalue weighted by Gasteiger charge is -2.29. The quantitative estimate of drug-likeness (QED) is 0.0479. The number of ether oxygens (including phenoxy) is 2. The molecule has 0 spiro atoms. The summed E-state index contributed by atoms with van der Waals surface area (Å²) in [6, 6.07) is 0. The van der Waals surface area contributed by atoms with Crippen LogP contribution in [0.25, 0.3) is 0 Å². The highest BCUT2D eigenvalue weighted by molar-refractivity contribution is 6.03. The van der Waals surface area contributed by atoms with Crippen molar-refractivity contribution in [3.05, 3.63) is 11.4 Å². The number of esters is 2. The fourth-order valence-corrected chi connectivity index (χ4v) is 8.22. The van der Waals surface area contributed by atoms with E-state index in [-0.39, 0.29) is 23.8 Å². The molecule has 0 heterocycles. The molecule has 0 fully saturated rings. The number of carbonyl (C=O) groups excluding carboxylic acids is 3. The van der Waals surface area contributed by atoms with Crippen LogP contribution in [0.1, 0.15) is 245 Å². The maximum Gasteiger partial charge on any atom is 0.306 e. The van der Waals surface area contributed by atoms with E-state index in [9.17, 15) is 14.4 Å². The molecule has 8 nitrogen and oxygen atoms in total. The molecule has 1 N–H and O–H groups in total. The first kappa shape index (κ1) is 54.9. The Kier molecular flexibility index (Phi) is 37.2. The Labute approximate surface area is 365 Å². The van der Waals surface area contributed by atoms with Crippen LogP contribution < -0.4 is 5.32 Å². The standard InChI is InChI=1S/C51H97N3O5/c1-6-9-12-15-18-27-34-44-58-49(56)38-30-23-19-25-32-41-54(43-35-40-52-51-47(53(4)5)45-48(51)55)42-33-26-20-24-31-39-50(57)59-46(36-28-21-16-13-10-7-2)37-29-22-17-14-11-8-3/h46,52H,6-45H2,1-5H3. The summed E-state index contributed by atoms with van der Waals surface area (Å²) in [6.07, 6.45) is 39.9. The van der Waals surface area contributed by atoms with Gasteiger partial charge in [-0.2, -0.15) is 0 Å². The number of nitrogens with one attached hydrogen (secondary N) is 1. The van der Waals surface area contributed by atoms with Gasteiger partial charge >= 0.3 is 11.9 Å². The zero-order chi connectivity index (χ0) is 43.0. The molecular formula is C51H97N3O5. The first-order chi connectivity index (χ1) is 28.8. The molecule has 0 saturated heterocycles. The Morgan fingerprint density at radius 2 is 0.966 bits per heavy atom. The van der Waals surface area contributed by atoms with E-state index < -0.39 is 0 Å². The lowest BCUT2D eigenvalue weighted by Crippen LogP contribution is -2.37. The predicted octanol–water partition coefficient (Wildman–Crippen LogP) is 13.4. The largest absolute Gasteiger partial charge is 0.466 e. The van der Waals surface area contributed by atoms with E-state index in [4.69, 9.17) is 9.47 Å². The number of unbranched alkanes of at least 4 members (excludes halogenated alkanes) is 24. The first-order valence-corrected chi connectivity index (χ1v) is 25.6. The molecule has 8 heteroatoms. The van der Waals surface area contributed by atoms with E-state index in [1.807, 2.05) is 19.0 Å². The van der Waals surface area contributed by atoms with Gasteiger partial charge in [0.1, 0.15) is 6.10 Å². The number of rotatable bonds is 45. The summed E-state index contributed by atoms with van der Waals surface area (Å²) in [5, 5.41) is 3.42. The van der Waals surface area contributed by atoms with Gasteiger partial charge in [0, 0.05) is 39.2 Å². The second kappa shape index (κ2) is 40.0. The van der Waals surface area contributed by atoms with Gasteiger partial charge < -0.3 is 24.6 Å². The number of ketones is 1. The summed E-state index contributed by atoms with van der Waals surface area (Å²) in [4.78, 5) is 41.8. The molecular weight excluding hydrogens is 735 g/mol. The fourth-order valence-electron chi connectivity index (χ4n) is 8.22. The molecule has 0 aromatic heterocycles. The van der Waals surface area contributed by atoms with Gasteiger partial charge in [-0.25, -0.2) is 0 Å². The summed E-state index contributed by atoms with van der Waals surface area (Å²) >= 11 is 0. The van der Waals surface area contributed by atoms with E-state index in [1.54, 1.807) is 0 Å². The fraction of sp³-hybridized carbons (Fsp3) is 0.902. The molecule has 0 bridgehead atoms. The Morgan fingerprint density at radius 1 is 0.542 bits per heavy atom. The van der Waals surface area contributed by atoms with Crippen molar-refractivity contribution in [1.29, 1.82) is 0 Å². The molecule has 1 rings (SSSR count). The molecule has 346 valence electrons. The third-order valence-corrected chi connectivity index (χ3v) is 12.2. The van der Waals surface area contributed by atoms with Gasteiger partial charge in [-0.1, -0.05) is 162 Å². The third-order valence-electron chi connectivity index (χ3n) is 12.2. The maximum absolute atomic E-state index is 12.9. The molecule has 0 atom stereocenters. The minimum Gasteiger partial charge on any atom is -0.466 e. The van der Waals surface area contributed by atoms with Crippen molar-refractivity contribution >= 4 is 17.7 Å². The molecule has 0 saturated carbocycles. The smallest absolute Gasteiger partial charge is 0.306 e. The normalized spacial score (nSPS) is 12.8. The van der Waals surface area contributed by atoms with E-state index in [2.05, 4.69) is 31.0 Å². The Morgan fingerprint density at radius 3 is 1.46 bits per heavy atom. The second-order valence-electron chi connectivity index (χ2n) is 18.0. The highest BCUT2D eigenvalue weighted by Crippen LogP contribution is 2.23. The molecule has 0 aromatic carbocycles. The molecule has 59 heavy (non-hydrogen) atoms. The monoisotopic (exact) mass is 832 g/mol. The first-order valence-electron chi connectivity index (χ1n) is 25.6. The van der Waals surface area contributed by atoms with Crippen molar-refractivity contribution in [3.8, 4) is 0 Å². The number of allylic oxidation sites excluding steroid dienone is 2. The van der Waals surface area contributed by atoms with Crippen LogP contribution in [0.5, 0.6) is 0 Å². The molecule has 1 aliphatic rings. The Balaban J connectivity index is 2.35. The molecule has 0 unspecified atom stereocenters. The molecule has 0 amide bonds. The summed E-state index contributed by atoms with van der Waals surface area (Å²) in [5.41, 5.74) is 1.92. The summed E-state index contributed by atoms with van der Waals surface area (Å²) in [5.74, 6) is 0.211. The number of Topliss-reactive ketones (excluding diaryl/α,β-unsaturated/α-hetero) is 1. The van der Waals surface area contributed by atoms with Crippen LogP contribution in [0.4, 0.5) is 0 Å². The summed E-state index contributed by atoms with van der Waals surface area (Å²) in [6.45, 7) is 11.4. The van der Waals surface area contributed by atoms with Crippen molar-refractivity contribution in [2.75, 3.05) is 46.9 Å². The van der Waals surface area contributed by atoms with Crippen LogP contribution >= 0.6 is 0 Å². The van der Waals surface area contributed by atoms with Crippen LogP contribution in [0.2, 0.25) is 0 Å². The highest BCUT2D eigenvalue weighted by Gasteiger charge is 2.28. The van der Waals surface area contributed by atoms with Crippen molar-refractivity contribution < 1.29 is 23.9 Å². The minimum atomic E-state index is -0.0287. The topological polar surface area (TPSA) is 88.2 Å². The zero-order valence-electron chi connectivity index (χ0n) is 39.8. The molecule has 0 aliphatic heterocycles. The summed E-state index contributed by atoms with van der Waals surface area (Å²) in [7, 11) is 4.01. The predicted molar refractivity (Wildman–Crippen MR) is 250 cm³/mol. The lowest BCUT2D eigenvalue weighted by molar-refractivity contribution is -0.150. The van der Waals surface area contributed by atoms with Gasteiger partial charge in [0.05, 0.1) is 18.7 Å². The SMILES string of the molecule is CCCCCCCCCOC(=O)CCCCCCCN(CCCCCCCC(=O)OC(CCCCCCCC)CCCCCCCC)CCCNC1=C(N(C)C)CC1=O. The molecule has 0 radical (unpaired) electrons. The Hall–Kier alpha value is -2.09. The number of nitrogens with zero attached hydrogens (tertiary/aromatic N) is 2. The van der Waals surface area contributed by atoms with Crippen LogP contribution in [0.3, 0.4) is 0 Å². The van der Waals surface area contributed by atoms with Gasteiger partial charge in [-0.15, -0.1) is 0 Å². The maximum atomic E-state index is 12.9. The van der Waals surface area contributed by atoms with E-state index in [1.165, 1.54) is 135 Å².